The van der Waals surface area contributed by atoms with E-state index in [1.165, 1.54) is 11.0 Å². The number of carbonyl (C=O) groups is 2. The van der Waals surface area contributed by atoms with Crippen LogP contribution in [0.3, 0.4) is 0 Å². The van der Waals surface area contributed by atoms with Gasteiger partial charge in [0.05, 0.1) is 28.4 Å². The highest BCUT2D eigenvalue weighted by atomic mass is 35.5. The first kappa shape index (κ1) is 23.5. The van der Waals surface area contributed by atoms with Crippen molar-refractivity contribution < 1.29 is 24.5 Å². The molecule has 2 aliphatic rings. The average molecular weight is 454 g/mol. The summed E-state index contributed by atoms with van der Waals surface area (Å²) < 4.78 is 5.98. The van der Waals surface area contributed by atoms with Gasteiger partial charge in [-0.3, -0.25) is 4.79 Å². The van der Waals surface area contributed by atoms with Crippen molar-refractivity contribution in [3.63, 3.8) is 0 Å². The molecular formula is C22H32ClN3O5. The Labute approximate surface area is 187 Å². The number of nitrogens with zero attached hydrogens (tertiary/aromatic N) is 1. The van der Waals surface area contributed by atoms with Crippen molar-refractivity contribution >= 4 is 29.3 Å². The first-order chi connectivity index (χ1) is 14.2. The molecule has 9 heteroatoms. The van der Waals surface area contributed by atoms with Gasteiger partial charge in [-0.25, -0.2) is 4.79 Å². The van der Waals surface area contributed by atoms with Crippen molar-refractivity contribution in [2.75, 3.05) is 18.8 Å². The molecule has 1 aromatic carbocycles. The van der Waals surface area contributed by atoms with Crippen molar-refractivity contribution in [2.24, 2.45) is 11.3 Å². The van der Waals surface area contributed by atoms with E-state index in [-0.39, 0.29) is 18.4 Å². The Kier molecular flexibility index (Phi) is 6.10. The Morgan fingerprint density at radius 2 is 2.03 bits per heavy atom. The smallest absolute Gasteiger partial charge is 0.407 e. The minimum Gasteiger partial charge on any atom is -0.486 e. The normalized spacial score (nSPS) is 25.0. The Morgan fingerprint density at radius 3 is 2.61 bits per heavy atom. The minimum absolute atomic E-state index is 0.209. The zero-order valence-electron chi connectivity index (χ0n) is 18.7. The van der Waals surface area contributed by atoms with Crippen LogP contribution in [0.25, 0.3) is 0 Å². The van der Waals surface area contributed by atoms with Crippen LogP contribution in [0.2, 0.25) is 5.02 Å². The number of hydrogen-bond donors (Lipinski definition) is 4. The molecular weight excluding hydrogens is 422 g/mol. The van der Waals surface area contributed by atoms with Crippen LogP contribution >= 0.6 is 11.6 Å². The highest BCUT2D eigenvalue weighted by molar-refractivity contribution is 6.33. The first-order valence-electron chi connectivity index (χ1n) is 10.5. The van der Waals surface area contributed by atoms with Crippen LogP contribution in [0.4, 0.5) is 10.5 Å². The average Bonchev–Trinajstić information content (AvgIpc) is 2.97. The number of ether oxygens (including phenoxy) is 1. The van der Waals surface area contributed by atoms with Gasteiger partial charge in [-0.2, -0.15) is 0 Å². The predicted molar refractivity (Wildman–Crippen MR) is 119 cm³/mol. The molecule has 8 nitrogen and oxygen atoms in total. The summed E-state index contributed by atoms with van der Waals surface area (Å²) in [5, 5.41) is 23.7. The van der Waals surface area contributed by atoms with Gasteiger partial charge in [0.25, 0.3) is 5.91 Å². The van der Waals surface area contributed by atoms with Crippen LogP contribution in [-0.4, -0.2) is 57.9 Å². The van der Waals surface area contributed by atoms with Crippen LogP contribution in [-0.2, 0) is 6.42 Å². The lowest BCUT2D eigenvalue weighted by Gasteiger charge is -2.47. The molecule has 0 radical (unpaired) electrons. The van der Waals surface area contributed by atoms with Crippen molar-refractivity contribution in [3.05, 3.63) is 22.2 Å². The number of aliphatic hydroxyl groups excluding tert-OH is 1. The Balaban J connectivity index is 1.77. The molecule has 2 heterocycles. The van der Waals surface area contributed by atoms with Gasteiger partial charge in [0.1, 0.15) is 11.4 Å². The second-order valence-electron chi connectivity index (χ2n) is 10.2. The molecule has 31 heavy (non-hydrogen) atoms. The molecule has 0 aromatic heterocycles. The van der Waals surface area contributed by atoms with Crippen LogP contribution in [0.5, 0.6) is 5.75 Å². The largest absolute Gasteiger partial charge is 0.486 e. The lowest BCUT2D eigenvalue weighted by molar-refractivity contribution is -0.0615. The number of amides is 2. The van der Waals surface area contributed by atoms with Crippen molar-refractivity contribution in [1.29, 1.82) is 0 Å². The second kappa shape index (κ2) is 8.06. The number of halogens is 1. The van der Waals surface area contributed by atoms with E-state index in [0.717, 1.165) is 5.56 Å². The number of piperidine rings is 1. The van der Waals surface area contributed by atoms with Gasteiger partial charge in [-0.1, -0.05) is 32.4 Å². The number of nitrogens with two attached hydrogens (primary N) is 1. The van der Waals surface area contributed by atoms with Gasteiger partial charge in [-0.15, -0.1) is 0 Å². The summed E-state index contributed by atoms with van der Waals surface area (Å²) >= 11 is 6.26. The van der Waals surface area contributed by atoms with E-state index in [9.17, 15) is 19.8 Å². The third kappa shape index (κ3) is 4.55. The number of carbonyl (C=O) groups excluding carboxylic acids is 1. The van der Waals surface area contributed by atoms with Gasteiger partial charge >= 0.3 is 6.09 Å². The first-order valence-corrected chi connectivity index (χ1v) is 10.9. The fourth-order valence-corrected chi connectivity index (χ4v) is 4.91. The van der Waals surface area contributed by atoms with Crippen molar-refractivity contribution in [3.8, 4) is 5.75 Å². The molecule has 1 saturated heterocycles. The number of fused-ring (bicyclic) bond motifs is 1. The molecule has 3 unspecified atom stereocenters. The number of nitrogen functional groups attached to an aromatic ring is 1. The highest BCUT2D eigenvalue weighted by Gasteiger charge is 2.45. The SMILES string of the molecule is CC1(C)Cc2c(N)c(Cl)cc(C(=O)NCC3CCN(C(=O)O)C(C(C)(C)C)C3O)c2O1. The van der Waals surface area contributed by atoms with E-state index in [1.54, 1.807) is 0 Å². The number of nitrogens with one attached hydrogen (secondary N) is 1. The highest BCUT2D eigenvalue weighted by Crippen LogP contribution is 2.44. The third-order valence-corrected chi connectivity index (χ3v) is 6.45. The zero-order chi connectivity index (χ0) is 23.3. The molecule has 0 bridgehead atoms. The second-order valence-corrected chi connectivity index (χ2v) is 10.6. The quantitative estimate of drug-likeness (QED) is 0.521. The monoisotopic (exact) mass is 453 g/mol. The van der Waals surface area contributed by atoms with E-state index >= 15 is 0 Å². The molecule has 0 aliphatic carbocycles. The van der Waals surface area contributed by atoms with Gasteiger partial charge in [-0.05, 0) is 31.7 Å². The van der Waals surface area contributed by atoms with Crippen LogP contribution < -0.4 is 15.8 Å². The predicted octanol–water partition coefficient (Wildman–Crippen LogP) is 3.14. The summed E-state index contributed by atoms with van der Waals surface area (Å²) in [7, 11) is 0. The van der Waals surface area contributed by atoms with Crippen LogP contribution in [0.1, 0.15) is 57.0 Å². The number of likely N-dealkylation sites (tertiary alicyclic amines) is 1. The van der Waals surface area contributed by atoms with Gasteiger partial charge in [0.15, 0.2) is 0 Å². The van der Waals surface area contributed by atoms with Crippen molar-refractivity contribution in [1.82, 2.24) is 10.2 Å². The summed E-state index contributed by atoms with van der Waals surface area (Å²) in [6.07, 6.45) is -0.951. The molecule has 2 aliphatic heterocycles. The molecule has 1 aromatic rings. The molecule has 3 rings (SSSR count). The van der Waals surface area contributed by atoms with Gasteiger partial charge in [0, 0.05) is 31.0 Å². The third-order valence-electron chi connectivity index (χ3n) is 6.14. The maximum Gasteiger partial charge on any atom is 0.407 e. The number of rotatable bonds is 3. The maximum atomic E-state index is 13.0. The molecule has 1 fully saturated rings. The summed E-state index contributed by atoms with van der Waals surface area (Å²) in [4.78, 5) is 25.9. The zero-order valence-corrected chi connectivity index (χ0v) is 19.4. The Bertz CT molecular complexity index is 896. The molecule has 3 atom stereocenters. The van der Waals surface area contributed by atoms with Gasteiger partial charge < -0.3 is 30.9 Å². The lowest BCUT2D eigenvalue weighted by atomic mass is 9.75. The fourth-order valence-electron chi connectivity index (χ4n) is 4.69. The van der Waals surface area contributed by atoms with Gasteiger partial charge in [0.2, 0.25) is 0 Å². The van der Waals surface area contributed by atoms with Crippen LogP contribution in [0, 0.1) is 11.3 Å². The maximum absolute atomic E-state index is 13.0. The number of hydrogen-bond acceptors (Lipinski definition) is 5. The topological polar surface area (TPSA) is 125 Å². The summed E-state index contributed by atoms with van der Waals surface area (Å²) in [5.41, 5.74) is 6.61. The number of anilines is 1. The van der Waals surface area contributed by atoms with E-state index in [1.807, 2.05) is 34.6 Å². The minimum atomic E-state index is -1.05. The summed E-state index contributed by atoms with van der Waals surface area (Å²) in [5.74, 6) is -0.201. The van der Waals surface area contributed by atoms with Crippen LogP contribution in [0.15, 0.2) is 6.07 Å². The molecule has 5 N–H and O–H groups in total. The Hall–Kier alpha value is -2.19. The molecule has 0 saturated carbocycles. The lowest BCUT2D eigenvalue weighted by Crippen LogP contribution is -2.60. The molecule has 172 valence electrons. The van der Waals surface area contributed by atoms with E-state index in [2.05, 4.69) is 5.32 Å². The molecule has 2 amide bonds. The fraction of sp³-hybridized carbons (Fsp3) is 0.636. The summed E-state index contributed by atoms with van der Waals surface area (Å²) in [6.45, 7) is 10.0. The number of benzene rings is 1. The number of aliphatic hydroxyl groups is 1. The van der Waals surface area contributed by atoms with E-state index in [0.29, 0.717) is 41.4 Å². The van der Waals surface area contributed by atoms with E-state index in [4.69, 9.17) is 22.1 Å². The standard InChI is InChI=1S/C22H32ClN3O5/c1-21(2,3)18-16(27)11(6-7-26(18)20(29)30)10-25-19(28)12-8-14(23)15(24)13-9-22(4,5)31-17(12)13/h8,11,16,18,27H,6-7,9-10,24H2,1-5H3,(H,25,28)(H,29,30). The number of carboxylic acid groups (broad SMARTS) is 1. The summed E-state index contributed by atoms with van der Waals surface area (Å²) in [6, 6.07) is 0.938. The Morgan fingerprint density at radius 1 is 1.39 bits per heavy atom. The van der Waals surface area contributed by atoms with E-state index < -0.39 is 29.3 Å². The van der Waals surface area contributed by atoms with Crippen molar-refractivity contribution in [2.45, 2.75) is 65.2 Å². The molecule has 0 spiro atoms.